The lowest BCUT2D eigenvalue weighted by Crippen LogP contribution is -2.43. The molecule has 0 aromatic rings. The molecule has 2 aliphatic heterocycles. The Balaban J connectivity index is 2.21. The Labute approximate surface area is 90.3 Å². The molecule has 0 aromatic carbocycles. The molecule has 0 spiro atoms. The minimum absolute atomic E-state index is 0.0683. The molecule has 0 saturated carbocycles. The van der Waals surface area contributed by atoms with E-state index in [4.69, 9.17) is 4.84 Å². The Morgan fingerprint density at radius 3 is 2.80 bits per heavy atom. The minimum atomic E-state index is -0.301. The van der Waals surface area contributed by atoms with Crippen molar-refractivity contribution < 1.29 is 9.63 Å². The molecule has 0 radical (unpaired) electrons. The average molecular weight is 210 g/mol. The van der Waals surface area contributed by atoms with Crippen LogP contribution in [0.5, 0.6) is 0 Å². The molecule has 2 heterocycles. The highest BCUT2D eigenvalue weighted by Gasteiger charge is 2.49. The van der Waals surface area contributed by atoms with Crippen molar-refractivity contribution in [3.05, 3.63) is 0 Å². The summed E-state index contributed by atoms with van der Waals surface area (Å²) in [7, 11) is 1.98. The third-order valence-electron chi connectivity index (χ3n) is 3.17. The Morgan fingerprint density at radius 2 is 2.20 bits per heavy atom. The lowest BCUT2D eigenvalue weighted by molar-refractivity contribution is -0.131. The fourth-order valence-electron chi connectivity index (χ4n) is 2.30. The van der Waals surface area contributed by atoms with E-state index in [1.807, 2.05) is 27.8 Å². The molecule has 3 unspecified atom stereocenters. The normalized spacial score (nSPS) is 35.3. The Morgan fingerprint density at radius 1 is 1.53 bits per heavy atom. The summed E-state index contributed by atoms with van der Waals surface area (Å²) in [6, 6.07) is -0.0683. The van der Waals surface area contributed by atoms with Gasteiger partial charge in [0, 0.05) is 12.0 Å². The van der Waals surface area contributed by atoms with Gasteiger partial charge in [0.1, 0.15) is 6.10 Å². The summed E-state index contributed by atoms with van der Waals surface area (Å²) in [5, 5.41) is 3.81. The van der Waals surface area contributed by atoms with Crippen molar-refractivity contribution in [3.63, 3.8) is 0 Å². The van der Waals surface area contributed by atoms with E-state index in [0.717, 1.165) is 6.54 Å². The van der Waals surface area contributed by atoms with Crippen LogP contribution in [0.1, 0.15) is 20.8 Å². The van der Waals surface area contributed by atoms with Crippen LogP contribution in [0.2, 0.25) is 0 Å². The number of oxime groups is 1. The summed E-state index contributed by atoms with van der Waals surface area (Å²) in [5.41, 5.74) is -0.301. The smallest absolute Gasteiger partial charge is 0.156 e. The standard InChI is InChI=1S/C11H18N2O2/c1-11(2,3)10(14)9-7-5-12-15-8(7)6-13(9)4/h5,7-9H,6H2,1-4H3. The number of hydrogen-bond acceptors (Lipinski definition) is 4. The molecule has 15 heavy (non-hydrogen) atoms. The molecule has 1 saturated heterocycles. The number of fused-ring (bicyclic) bond motifs is 1. The van der Waals surface area contributed by atoms with Crippen molar-refractivity contribution in [1.29, 1.82) is 0 Å². The van der Waals surface area contributed by atoms with Crippen LogP contribution in [0.25, 0.3) is 0 Å². The van der Waals surface area contributed by atoms with Crippen LogP contribution in [0, 0.1) is 11.3 Å². The first-order valence-corrected chi connectivity index (χ1v) is 5.35. The van der Waals surface area contributed by atoms with Gasteiger partial charge in [-0.1, -0.05) is 25.9 Å². The zero-order valence-electron chi connectivity index (χ0n) is 9.73. The van der Waals surface area contributed by atoms with Gasteiger partial charge in [0.2, 0.25) is 0 Å². The number of nitrogens with zero attached hydrogens (tertiary/aromatic N) is 2. The zero-order chi connectivity index (χ0) is 11.2. The SMILES string of the molecule is CN1CC2ON=CC2C1C(=O)C(C)(C)C. The van der Waals surface area contributed by atoms with Crippen LogP contribution in [-0.4, -0.2) is 42.6 Å². The second-order valence-corrected chi connectivity index (χ2v) is 5.47. The maximum atomic E-state index is 12.3. The summed E-state index contributed by atoms with van der Waals surface area (Å²) in [6.45, 7) is 6.67. The second-order valence-electron chi connectivity index (χ2n) is 5.47. The highest BCUT2D eigenvalue weighted by atomic mass is 16.6. The molecule has 2 rings (SSSR count). The molecule has 84 valence electrons. The van der Waals surface area contributed by atoms with Crippen molar-refractivity contribution in [2.75, 3.05) is 13.6 Å². The molecule has 3 atom stereocenters. The summed E-state index contributed by atoms with van der Waals surface area (Å²) < 4.78 is 0. The number of likely N-dealkylation sites (tertiary alicyclic amines) is 1. The zero-order valence-corrected chi connectivity index (χ0v) is 9.73. The maximum absolute atomic E-state index is 12.3. The lowest BCUT2D eigenvalue weighted by atomic mass is 9.82. The van der Waals surface area contributed by atoms with Crippen molar-refractivity contribution in [2.45, 2.75) is 32.9 Å². The van der Waals surface area contributed by atoms with Crippen molar-refractivity contribution in [3.8, 4) is 0 Å². The van der Waals surface area contributed by atoms with E-state index in [9.17, 15) is 4.79 Å². The lowest BCUT2D eigenvalue weighted by Gasteiger charge is -2.27. The fourth-order valence-corrected chi connectivity index (χ4v) is 2.30. The van der Waals surface area contributed by atoms with Crippen LogP contribution >= 0.6 is 0 Å². The predicted octanol–water partition coefficient (Wildman–Crippen LogP) is 0.916. The quantitative estimate of drug-likeness (QED) is 0.646. The number of carbonyl (C=O) groups is 1. The van der Waals surface area contributed by atoms with Gasteiger partial charge in [-0.2, -0.15) is 0 Å². The molecule has 0 amide bonds. The van der Waals surface area contributed by atoms with Gasteiger partial charge in [0.05, 0.1) is 18.2 Å². The van der Waals surface area contributed by atoms with E-state index < -0.39 is 0 Å². The first-order chi connectivity index (χ1) is 6.91. The van der Waals surface area contributed by atoms with E-state index in [0.29, 0.717) is 0 Å². The first kappa shape index (κ1) is 10.6. The number of ketones is 1. The van der Waals surface area contributed by atoms with Gasteiger partial charge in [0.25, 0.3) is 0 Å². The average Bonchev–Trinajstić information content (AvgIpc) is 2.60. The maximum Gasteiger partial charge on any atom is 0.156 e. The van der Waals surface area contributed by atoms with Crippen molar-refractivity contribution >= 4 is 12.0 Å². The molecule has 0 bridgehead atoms. The molecular weight excluding hydrogens is 192 g/mol. The molecule has 0 aliphatic carbocycles. The number of carbonyl (C=O) groups excluding carboxylic acids is 1. The summed E-state index contributed by atoms with van der Waals surface area (Å²) in [5.74, 6) is 0.413. The Kier molecular flexibility index (Phi) is 2.34. The van der Waals surface area contributed by atoms with Crippen LogP contribution in [0.3, 0.4) is 0 Å². The van der Waals surface area contributed by atoms with Gasteiger partial charge >= 0.3 is 0 Å². The third-order valence-corrected chi connectivity index (χ3v) is 3.17. The summed E-state index contributed by atoms with van der Waals surface area (Å²) in [6.07, 6.45) is 1.86. The van der Waals surface area contributed by atoms with E-state index in [1.165, 1.54) is 0 Å². The Bertz CT molecular complexity index is 306. The van der Waals surface area contributed by atoms with Crippen LogP contribution in [0.15, 0.2) is 5.16 Å². The van der Waals surface area contributed by atoms with Gasteiger partial charge < -0.3 is 4.84 Å². The minimum Gasteiger partial charge on any atom is -0.391 e. The van der Waals surface area contributed by atoms with E-state index in [-0.39, 0.29) is 29.3 Å². The van der Waals surface area contributed by atoms with Gasteiger partial charge in [-0.3, -0.25) is 9.69 Å². The molecule has 1 fully saturated rings. The van der Waals surface area contributed by atoms with E-state index in [1.54, 1.807) is 6.21 Å². The fraction of sp³-hybridized carbons (Fsp3) is 0.818. The van der Waals surface area contributed by atoms with Gasteiger partial charge in [-0.05, 0) is 7.05 Å². The van der Waals surface area contributed by atoms with E-state index in [2.05, 4.69) is 10.1 Å². The van der Waals surface area contributed by atoms with E-state index >= 15 is 0 Å². The van der Waals surface area contributed by atoms with Gasteiger partial charge in [0.15, 0.2) is 5.78 Å². The second kappa shape index (κ2) is 3.30. The molecule has 2 aliphatic rings. The molecule has 4 nitrogen and oxygen atoms in total. The number of Topliss-reactive ketones (excluding diaryl/α,β-unsaturated/α-hetero) is 1. The molecule has 0 N–H and O–H groups in total. The van der Waals surface area contributed by atoms with Crippen molar-refractivity contribution in [2.24, 2.45) is 16.5 Å². The number of hydrogen-bond donors (Lipinski definition) is 0. The Hall–Kier alpha value is -0.900. The highest BCUT2D eigenvalue weighted by molar-refractivity contribution is 5.92. The highest BCUT2D eigenvalue weighted by Crippen LogP contribution is 2.33. The molecular formula is C11H18N2O2. The van der Waals surface area contributed by atoms with Crippen LogP contribution in [-0.2, 0) is 9.63 Å². The predicted molar refractivity (Wildman–Crippen MR) is 57.7 cm³/mol. The van der Waals surface area contributed by atoms with Crippen LogP contribution < -0.4 is 0 Å². The first-order valence-electron chi connectivity index (χ1n) is 5.35. The summed E-state index contributed by atoms with van der Waals surface area (Å²) in [4.78, 5) is 19.6. The third kappa shape index (κ3) is 1.67. The number of likely N-dealkylation sites (N-methyl/N-ethyl adjacent to an activating group) is 1. The molecule has 0 aromatic heterocycles. The number of rotatable bonds is 1. The monoisotopic (exact) mass is 210 g/mol. The topological polar surface area (TPSA) is 41.9 Å². The molecule has 4 heteroatoms. The largest absolute Gasteiger partial charge is 0.391 e. The van der Waals surface area contributed by atoms with Gasteiger partial charge in [-0.15, -0.1) is 0 Å². The van der Waals surface area contributed by atoms with Crippen LogP contribution in [0.4, 0.5) is 0 Å². The summed E-state index contributed by atoms with van der Waals surface area (Å²) >= 11 is 0. The van der Waals surface area contributed by atoms with Crippen molar-refractivity contribution in [1.82, 2.24) is 4.90 Å². The van der Waals surface area contributed by atoms with Gasteiger partial charge in [-0.25, -0.2) is 0 Å².